The van der Waals surface area contributed by atoms with Crippen molar-refractivity contribution in [2.24, 2.45) is 0 Å². The van der Waals surface area contributed by atoms with E-state index in [9.17, 15) is 9.90 Å². The van der Waals surface area contributed by atoms with E-state index < -0.39 is 5.97 Å². The highest BCUT2D eigenvalue weighted by Gasteiger charge is 2.14. The number of ether oxygens (including phenoxy) is 1. The van der Waals surface area contributed by atoms with Crippen LogP contribution < -0.4 is 4.74 Å². The highest BCUT2D eigenvalue weighted by atomic mass is 35.5. The molecular weight excluding hydrogens is 292 g/mol. The van der Waals surface area contributed by atoms with Gasteiger partial charge in [0.25, 0.3) is 0 Å². The lowest BCUT2D eigenvalue weighted by atomic mass is 10.2. The lowest BCUT2D eigenvalue weighted by molar-refractivity contribution is 0.0694. The maximum atomic E-state index is 11.2. The number of carbonyl (C=O) groups is 1. The van der Waals surface area contributed by atoms with Gasteiger partial charge in [-0.2, -0.15) is 10.2 Å². The Hall–Kier alpha value is -2.66. The van der Waals surface area contributed by atoms with E-state index in [1.807, 2.05) is 18.2 Å². The first kappa shape index (κ1) is 13.3. The number of fused-ring (bicyclic) bond motifs is 1. The van der Waals surface area contributed by atoms with E-state index in [4.69, 9.17) is 16.3 Å². The fourth-order valence-electron chi connectivity index (χ4n) is 1.94. The number of nitrogens with zero attached hydrogens (tertiary/aromatic N) is 2. The molecule has 6 heteroatoms. The van der Waals surface area contributed by atoms with Gasteiger partial charge in [-0.15, -0.1) is 0 Å². The first-order chi connectivity index (χ1) is 10.1. The van der Waals surface area contributed by atoms with Gasteiger partial charge in [0.15, 0.2) is 5.75 Å². The molecule has 3 aromatic rings. The number of carboxylic acids is 1. The summed E-state index contributed by atoms with van der Waals surface area (Å²) in [5.41, 5.74) is 0.689. The number of aromatic nitrogens is 2. The van der Waals surface area contributed by atoms with Crippen LogP contribution in [-0.2, 0) is 0 Å². The molecule has 0 atom stereocenters. The Balaban J connectivity index is 2.11. The van der Waals surface area contributed by atoms with Crippen LogP contribution in [0.4, 0.5) is 0 Å². The molecule has 5 nitrogen and oxygen atoms in total. The van der Waals surface area contributed by atoms with Crippen molar-refractivity contribution < 1.29 is 14.6 Å². The van der Waals surface area contributed by atoms with E-state index in [2.05, 4.69) is 10.2 Å². The van der Waals surface area contributed by atoms with Crippen molar-refractivity contribution in [3.63, 3.8) is 0 Å². The quantitative estimate of drug-likeness (QED) is 0.797. The molecule has 0 aliphatic heterocycles. The summed E-state index contributed by atoms with van der Waals surface area (Å²) in [4.78, 5) is 11.2. The van der Waals surface area contributed by atoms with Crippen LogP contribution in [0.15, 0.2) is 48.7 Å². The molecule has 2 aromatic carbocycles. The molecule has 3 rings (SSSR count). The second-order valence-corrected chi connectivity index (χ2v) is 4.71. The molecule has 1 N–H and O–H groups in total. The van der Waals surface area contributed by atoms with E-state index >= 15 is 0 Å². The normalized spacial score (nSPS) is 10.5. The molecule has 1 aromatic heterocycles. The van der Waals surface area contributed by atoms with Crippen molar-refractivity contribution in [2.75, 3.05) is 0 Å². The molecule has 0 saturated heterocycles. The Kier molecular flexibility index (Phi) is 3.41. The molecule has 0 unspecified atom stereocenters. The van der Waals surface area contributed by atoms with E-state index in [1.165, 1.54) is 24.4 Å². The maximum absolute atomic E-state index is 11.2. The van der Waals surface area contributed by atoms with Crippen molar-refractivity contribution >= 4 is 28.5 Å². The second-order valence-electron chi connectivity index (χ2n) is 4.27. The van der Waals surface area contributed by atoms with Gasteiger partial charge in [-0.1, -0.05) is 23.7 Å². The fourth-order valence-corrected chi connectivity index (χ4v) is 2.10. The Morgan fingerprint density at radius 2 is 1.95 bits per heavy atom. The molecule has 0 radical (unpaired) electrons. The van der Waals surface area contributed by atoms with Gasteiger partial charge in [0.2, 0.25) is 0 Å². The Morgan fingerprint density at radius 3 is 2.76 bits per heavy atom. The first-order valence-electron chi connectivity index (χ1n) is 6.06. The molecule has 0 amide bonds. The average Bonchev–Trinajstić information content (AvgIpc) is 2.47. The fraction of sp³-hybridized carbons (Fsp3) is 0. The van der Waals surface area contributed by atoms with E-state index in [0.717, 1.165) is 5.39 Å². The summed E-state index contributed by atoms with van der Waals surface area (Å²) >= 11 is 5.91. The predicted octanol–water partition coefficient (Wildman–Crippen LogP) is 3.77. The SMILES string of the molecule is O=C(O)c1ccc(Cl)cc1Oc1cnnc2ccccc12. The van der Waals surface area contributed by atoms with Gasteiger partial charge < -0.3 is 9.84 Å². The third-order valence-corrected chi connectivity index (χ3v) is 3.14. The average molecular weight is 301 g/mol. The molecule has 0 fully saturated rings. The van der Waals surface area contributed by atoms with E-state index in [0.29, 0.717) is 16.3 Å². The highest BCUT2D eigenvalue weighted by Crippen LogP contribution is 2.31. The van der Waals surface area contributed by atoms with Crippen molar-refractivity contribution in [2.45, 2.75) is 0 Å². The largest absolute Gasteiger partial charge is 0.478 e. The zero-order valence-corrected chi connectivity index (χ0v) is 11.4. The standard InChI is InChI=1S/C15H9ClN2O3/c16-9-5-6-11(15(19)20)13(7-9)21-14-8-17-18-12-4-2-1-3-10(12)14/h1-8H,(H,19,20). The summed E-state index contributed by atoms with van der Waals surface area (Å²) in [7, 11) is 0. The zero-order valence-electron chi connectivity index (χ0n) is 10.7. The van der Waals surface area contributed by atoms with Crippen LogP contribution in [0, 0.1) is 0 Å². The molecule has 0 saturated carbocycles. The molecule has 0 aliphatic rings. The van der Waals surface area contributed by atoms with Crippen LogP contribution in [-0.4, -0.2) is 21.3 Å². The molecule has 0 spiro atoms. The molecule has 104 valence electrons. The summed E-state index contributed by atoms with van der Waals surface area (Å²) in [5.74, 6) is -0.508. The van der Waals surface area contributed by atoms with Gasteiger partial charge in [0.05, 0.1) is 11.7 Å². The van der Waals surface area contributed by atoms with E-state index in [1.54, 1.807) is 6.07 Å². The first-order valence-corrected chi connectivity index (χ1v) is 6.44. The van der Waals surface area contributed by atoms with Crippen molar-refractivity contribution in [1.82, 2.24) is 10.2 Å². The van der Waals surface area contributed by atoms with Crippen LogP contribution in [0.1, 0.15) is 10.4 Å². The maximum Gasteiger partial charge on any atom is 0.339 e. The predicted molar refractivity (Wildman–Crippen MR) is 78.0 cm³/mol. The number of benzene rings is 2. The molecule has 0 bridgehead atoms. The second kappa shape index (κ2) is 5.38. The summed E-state index contributed by atoms with van der Waals surface area (Å²) in [6.45, 7) is 0. The van der Waals surface area contributed by atoms with Crippen LogP contribution in [0.5, 0.6) is 11.5 Å². The van der Waals surface area contributed by atoms with Gasteiger partial charge >= 0.3 is 5.97 Å². The van der Waals surface area contributed by atoms with Gasteiger partial charge in [-0.05, 0) is 24.3 Å². The van der Waals surface area contributed by atoms with Crippen LogP contribution in [0.2, 0.25) is 5.02 Å². The number of aromatic carboxylic acids is 1. The van der Waals surface area contributed by atoms with Crippen LogP contribution in [0.3, 0.4) is 0 Å². The highest BCUT2D eigenvalue weighted by molar-refractivity contribution is 6.30. The Labute approximate surface area is 124 Å². The smallest absolute Gasteiger partial charge is 0.339 e. The van der Waals surface area contributed by atoms with Crippen LogP contribution >= 0.6 is 11.6 Å². The van der Waals surface area contributed by atoms with Crippen molar-refractivity contribution in [3.8, 4) is 11.5 Å². The van der Waals surface area contributed by atoms with Crippen molar-refractivity contribution in [3.05, 3.63) is 59.2 Å². The Bertz CT molecular complexity index is 831. The van der Waals surface area contributed by atoms with Gasteiger partial charge in [-0.3, -0.25) is 0 Å². The van der Waals surface area contributed by atoms with E-state index in [-0.39, 0.29) is 11.3 Å². The van der Waals surface area contributed by atoms with Gasteiger partial charge in [0.1, 0.15) is 11.3 Å². The number of hydrogen-bond acceptors (Lipinski definition) is 4. The number of rotatable bonds is 3. The number of carboxylic acid groups (broad SMARTS) is 1. The lowest BCUT2D eigenvalue weighted by Crippen LogP contribution is -2.00. The topological polar surface area (TPSA) is 72.3 Å². The molecule has 0 aliphatic carbocycles. The Morgan fingerprint density at radius 1 is 1.14 bits per heavy atom. The number of hydrogen-bond donors (Lipinski definition) is 1. The summed E-state index contributed by atoms with van der Waals surface area (Å²) in [6, 6.07) is 11.7. The zero-order chi connectivity index (χ0) is 14.8. The minimum atomic E-state index is -1.09. The summed E-state index contributed by atoms with van der Waals surface area (Å²) in [6.07, 6.45) is 1.44. The number of halogens is 1. The minimum absolute atomic E-state index is 0.0280. The summed E-state index contributed by atoms with van der Waals surface area (Å²) in [5, 5.41) is 18.2. The molecule has 1 heterocycles. The van der Waals surface area contributed by atoms with Gasteiger partial charge in [-0.25, -0.2) is 4.79 Å². The lowest BCUT2D eigenvalue weighted by Gasteiger charge is -2.10. The minimum Gasteiger partial charge on any atom is -0.478 e. The van der Waals surface area contributed by atoms with Gasteiger partial charge in [0, 0.05) is 16.5 Å². The van der Waals surface area contributed by atoms with Crippen molar-refractivity contribution in [1.29, 1.82) is 0 Å². The monoisotopic (exact) mass is 300 g/mol. The third-order valence-electron chi connectivity index (χ3n) is 2.90. The third kappa shape index (κ3) is 2.64. The van der Waals surface area contributed by atoms with Crippen LogP contribution in [0.25, 0.3) is 10.9 Å². The molecule has 21 heavy (non-hydrogen) atoms. The summed E-state index contributed by atoms with van der Waals surface area (Å²) < 4.78 is 5.70. The molecular formula is C15H9ClN2O3.